The first kappa shape index (κ1) is 15.2. The summed E-state index contributed by atoms with van der Waals surface area (Å²) >= 11 is 0. The van der Waals surface area contributed by atoms with E-state index in [1.807, 2.05) is 19.1 Å². The topological polar surface area (TPSA) is 39.2 Å². The summed E-state index contributed by atoms with van der Waals surface area (Å²) in [4.78, 5) is 16.1. The van der Waals surface area contributed by atoms with Gasteiger partial charge in [-0.15, -0.1) is 0 Å². The van der Waals surface area contributed by atoms with E-state index in [2.05, 4.69) is 31.0 Å². The normalized spacial score (nSPS) is 12.2. The molecule has 0 aliphatic rings. The van der Waals surface area contributed by atoms with Crippen LogP contribution in [0.1, 0.15) is 37.8 Å². The fraction of sp³-hybridized carbons (Fsp3) is 0.333. The molecule has 1 atom stereocenters. The van der Waals surface area contributed by atoms with Crippen molar-refractivity contribution in [3.8, 4) is 5.88 Å². The van der Waals surface area contributed by atoms with E-state index >= 15 is 0 Å². The highest BCUT2D eigenvalue weighted by Gasteiger charge is 2.18. The summed E-state index contributed by atoms with van der Waals surface area (Å²) < 4.78 is 5.28. The van der Waals surface area contributed by atoms with Crippen LogP contribution in [0.4, 0.5) is 0 Å². The Morgan fingerprint density at radius 3 is 2.38 bits per heavy atom. The van der Waals surface area contributed by atoms with E-state index < -0.39 is 0 Å². The van der Waals surface area contributed by atoms with Gasteiger partial charge in [-0.1, -0.05) is 44.2 Å². The molecule has 0 radical (unpaired) electrons. The smallest absolute Gasteiger partial charge is 0.319 e. The standard InChI is InChI=1S/C18H21NO2/c1-13(2)12-15-7-9-16(10-8-15)14(3)18(20)21-17-6-4-5-11-19-17/h4-11,13-14H,12H2,1-3H3. The van der Waals surface area contributed by atoms with Crippen LogP contribution in [0.5, 0.6) is 5.88 Å². The van der Waals surface area contributed by atoms with Gasteiger partial charge in [0.15, 0.2) is 0 Å². The zero-order valence-electron chi connectivity index (χ0n) is 12.7. The molecule has 2 aromatic rings. The molecule has 21 heavy (non-hydrogen) atoms. The van der Waals surface area contributed by atoms with Gasteiger partial charge in [-0.05, 0) is 36.5 Å². The number of rotatable bonds is 5. The lowest BCUT2D eigenvalue weighted by atomic mass is 9.97. The number of ether oxygens (including phenoxy) is 1. The number of hydrogen-bond donors (Lipinski definition) is 0. The molecule has 1 unspecified atom stereocenters. The summed E-state index contributed by atoms with van der Waals surface area (Å²) in [6.45, 7) is 6.24. The van der Waals surface area contributed by atoms with E-state index in [9.17, 15) is 4.79 Å². The van der Waals surface area contributed by atoms with Crippen LogP contribution >= 0.6 is 0 Å². The second kappa shape index (κ2) is 7.02. The highest BCUT2D eigenvalue weighted by Crippen LogP contribution is 2.19. The van der Waals surface area contributed by atoms with Crippen molar-refractivity contribution < 1.29 is 9.53 Å². The van der Waals surface area contributed by atoms with Crippen molar-refractivity contribution in [1.29, 1.82) is 0 Å². The average Bonchev–Trinajstić information content (AvgIpc) is 2.47. The Kier molecular flexibility index (Phi) is 5.09. The van der Waals surface area contributed by atoms with Gasteiger partial charge in [-0.3, -0.25) is 4.79 Å². The first-order valence-electron chi connectivity index (χ1n) is 7.28. The van der Waals surface area contributed by atoms with Gasteiger partial charge in [0, 0.05) is 12.3 Å². The molecule has 0 bridgehead atoms. The van der Waals surface area contributed by atoms with Crippen LogP contribution in [-0.4, -0.2) is 11.0 Å². The minimum Gasteiger partial charge on any atom is -0.407 e. The largest absolute Gasteiger partial charge is 0.407 e. The van der Waals surface area contributed by atoms with E-state index in [4.69, 9.17) is 4.74 Å². The Hall–Kier alpha value is -2.16. The number of aromatic nitrogens is 1. The van der Waals surface area contributed by atoms with Gasteiger partial charge < -0.3 is 4.74 Å². The second-order valence-electron chi connectivity index (χ2n) is 5.65. The molecule has 0 saturated heterocycles. The first-order chi connectivity index (χ1) is 10.1. The summed E-state index contributed by atoms with van der Waals surface area (Å²) in [5.74, 6) is 0.374. The quantitative estimate of drug-likeness (QED) is 0.779. The van der Waals surface area contributed by atoms with Crippen LogP contribution in [0.2, 0.25) is 0 Å². The SMILES string of the molecule is CC(C)Cc1ccc(C(C)C(=O)Oc2ccccn2)cc1. The molecule has 0 N–H and O–H groups in total. The predicted octanol–water partition coefficient (Wildman–Crippen LogP) is 3.99. The molecular formula is C18H21NO2. The fourth-order valence-corrected chi connectivity index (χ4v) is 2.15. The Balaban J connectivity index is 2.02. The zero-order chi connectivity index (χ0) is 15.2. The summed E-state index contributed by atoms with van der Waals surface area (Å²) in [6.07, 6.45) is 2.65. The molecule has 0 aliphatic heterocycles. The lowest BCUT2D eigenvalue weighted by Crippen LogP contribution is -2.16. The van der Waals surface area contributed by atoms with Gasteiger partial charge in [0.25, 0.3) is 0 Å². The molecule has 0 fully saturated rings. The van der Waals surface area contributed by atoms with Gasteiger partial charge >= 0.3 is 5.97 Å². The number of carbonyl (C=O) groups excluding carboxylic acids is 1. The fourth-order valence-electron chi connectivity index (χ4n) is 2.15. The van der Waals surface area contributed by atoms with Crippen molar-refractivity contribution in [2.24, 2.45) is 5.92 Å². The number of nitrogens with zero attached hydrogens (tertiary/aromatic N) is 1. The van der Waals surface area contributed by atoms with Crippen molar-refractivity contribution in [3.63, 3.8) is 0 Å². The monoisotopic (exact) mass is 283 g/mol. The van der Waals surface area contributed by atoms with Crippen molar-refractivity contribution in [2.75, 3.05) is 0 Å². The molecule has 0 amide bonds. The van der Waals surface area contributed by atoms with Gasteiger partial charge in [0.2, 0.25) is 5.88 Å². The Labute approximate surface area is 126 Å². The van der Waals surface area contributed by atoms with Crippen LogP contribution in [0.25, 0.3) is 0 Å². The van der Waals surface area contributed by atoms with Crippen molar-refractivity contribution in [1.82, 2.24) is 4.98 Å². The zero-order valence-corrected chi connectivity index (χ0v) is 12.7. The minimum atomic E-state index is -0.305. The Bertz CT molecular complexity index is 576. The number of hydrogen-bond acceptors (Lipinski definition) is 3. The summed E-state index contributed by atoms with van der Waals surface area (Å²) in [6, 6.07) is 13.4. The molecule has 0 saturated carbocycles. The highest BCUT2D eigenvalue weighted by molar-refractivity contribution is 5.79. The highest BCUT2D eigenvalue weighted by atomic mass is 16.5. The molecule has 1 heterocycles. The summed E-state index contributed by atoms with van der Waals surface area (Å²) in [5.41, 5.74) is 2.25. The molecule has 3 nitrogen and oxygen atoms in total. The third kappa shape index (κ3) is 4.42. The van der Waals surface area contributed by atoms with E-state index in [1.165, 1.54) is 5.56 Å². The summed E-state index contributed by atoms with van der Waals surface area (Å²) in [5, 5.41) is 0. The molecule has 3 heteroatoms. The molecule has 1 aromatic carbocycles. The van der Waals surface area contributed by atoms with E-state index in [0.29, 0.717) is 11.8 Å². The summed E-state index contributed by atoms with van der Waals surface area (Å²) in [7, 11) is 0. The number of pyridine rings is 1. The van der Waals surface area contributed by atoms with Gasteiger partial charge in [-0.25, -0.2) is 4.98 Å². The lowest BCUT2D eigenvalue weighted by molar-refractivity contribution is -0.135. The van der Waals surface area contributed by atoms with Gasteiger partial charge in [0.05, 0.1) is 5.92 Å². The lowest BCUT2D eigenvalue weighted by Gasteiger charge is -2.12. The van der Waals surface area contributed by atoms with Crippen LogP contribution in [0, 0.1) is 5.92 Å². The maximum absolute atomic E-state index is 12.1. The van der Waals surface area contributed by atoms with E-state index in [0.717, 1.165) is 12.0 Å². The Morgan fingerprint density at radius 2 is 1.81 bits per heavy atom. The van der Waals surface area contributed by atoms with Crippen molar-refractivity contribution >= 4 is 5.97 Å². The van der Waals surface area contributed by atoms with E-state index in [-0.39, 0.29) is 11.9 Å². The number of benzene rings is 1. The maximum atomic E-state index is 12.1. The molecule has 2 rings (SSSR count). The second-order valence-corrected chi connectivity index (χ2v) is 5.65. The number of esters is 1. The Morgan fingerprint density at radius 1 is 1.10 bits per heavy atom. The minimum absolute atomic E-state index is 0.287. The maximum Gasteiger partial charge on any atom is 0.319 e. The van der Waals surface area contributed by atoms with Crippen LogP contribution in [-0.2, 0) is 11.2 Å². The molecular weight excluding hydrogens is 262 g/mol. The molecule has 1 aromatic heterocycles. The van der Waals surface area contributed by atoms with Crippen LogP contribution in [0.3, 0.4) is 0 Å². The third-order valence-electron chi connectivity index (χ3n) is 3.32. The van der Waals surface area contributed by atoms with Crippen molar-refractivity contribution in [3.05, 3.63) is 59.8 Å². The first-order valence-corrected chi connectivity index (χ1v) is 7.28. The predicted molar refractivity (Wildman–Crippen MR) is 83.3 cm³/mol. The van der Waals surface area contributed by atoms with Crippen molar-refractivity contribution in [2.45, 2.75) is 33.1 Å². The molecule has 0 aliphatic carbocycles. The average molecular weight is 283 g/mol. The van der Waals surface area contributed by atoms with E-state index in [1.54, 1.807) is 24.4 Å². The molecule has 0 spiro atoms. The molecule has 110 valence electrons. The van der Waals surface area contributed by atoms with Gasteiger partial charge in [0.1, 0.15) is 0 Å². The van der Waals surface area contributed by atoms with Crippen LogP contribution in [0.15, 0.2) is 48.7 Å². The van der Waals surface area contributed by atoms with Crippen LogP contribution < -0.4 is 4.74 Å². The third-order valence-corrected chi connectivity index (χ3v) is 3.32. The number of carbonyl (C=O) groups is 1. The van der Waals surface area contributed by atoms with Gasteiger partial charge in [-0.2, -0.15) is 0 Å².